The maximum absolute atomic E-state index is 10.9. The summed E-state index contributed by atoms with van der Waals surface area (Å²) in [6.07, 6.45) is 3.60. The highest BCUT2D eigenvalue weighted by molar-refractivity contribution is 5.54. The van der Waals surface area contributed by atoms with Crippen molar-refractivity contribution in [1.29, 1.82) is 0 Å². The summed E-state index contributed by atoms with van der Waals surface area (Å²) in [7, 11) is 1.83. The highest BCUT2D eigenvalue weighted by atomic mass is 16.6. The molecule has 2 N–H and O–H groups in total. The highest BCUT2D eigenvalue weighted by Gasteiger charge is 2.11. The Labute approximate surface area is 116 Å². The zero-order valence-corrected chi connectivity index (χ0v) is 11.3. The van der Waals surface area contributed by atoms with E-state index in [9.17, 15) is 10.1 Å². The number of nitro groups is 1. The van der Waals surface area contributed by atoms with E-state index in [0.29, 0.717) is 24.7 Å². The molecule has 8 heteroatoms. The summed E-state index contributed by atoms with van der Waals surface area (Å²) in [4.78, 5) is 14.7. The molecular formula is C12H16N6O2. The van der Waals surface area contributed by atoms with Gasteiger partial charge in [-0.05, 0) is 6.92 Å². The Hall–Kier alpha value is -2.64. The molecule has 2 aromatic rings. The van der Waals surface area contributed by atoms with Crippen LogP contribution in [0.3, 0.4) is 0 Å². The van der Waals surface area contributed by atoms with Crippen LogP contribution in [0.15, 0.2) is 24.5 Å². The van der Waals surface area contributed by atoms with Gasteiger partial charge in [-0.3, -0.25) is 14.8 Å². The smallest absolute Gasteiger partial charge is 0.276 e. The van der Waals surface area contributed by atoms with Gasteiger partial charge in [-0.15, -0.1) is 0 Å². The molecule has 0 radical (unpaired) electrons. The molecule has 0 atom stereocenters. The summed E-state index contributed by atoms with van der Waals surface area (Å²) in [6, 6.07) is 2.83. The molecule has 0 saturated carbocycles. The lowest BCUT2D eigenvalue weighted by atomic mass is 10.3. The average Bonchev–Trinajstić information content (AvgIpc) is 2.82. The van der Waals surface area contributed by atoms with Crippen molar-refractivity contribution in [2.24, 2.45) is 7.05 Å². The molecule has 0 saturated heterocycles. The van der Waals surface area contributed by atoms with Crippen LogP contribution in [0.4, 0.5) is 17.3 Å². The Kier molecular flexibility index (Phi) is 4.14. The lowest BCUT2D eigenvalue weighted by Gasteiger charge is -2.07. The summed E-state index contributed by atoms with van der Waals surface area (Å²) in [5.41, 5.74) is 0.982. The second-order valence-corrected chi connectivity index (χ2v) is 4.26. The molecule has 0 spiro atoms. The van der Waals surface area contributed by atoms with Crippen molar-refractivity contribution in [2.75, 3.05) is 17.2 Å². The summed E-state index contributed by atoms with van der Waals surface area (Å²) in [5, 5.41) is 21.0. The first-order chi connectivity index (χ1) is 9.58. The van der Waals surface area contributed by atoms with Gasteiger partial charge in [-0.2, -0.15) is 5.10 Å². The van der Waals surface area contributed by atoms with Crippen LogP contribution in [0.1, 0.15) is 12.5 Å². The molecule has 0 unspecified atom stereocenters. The van der Waals surface area contributed by atoms with Crippen LogP contribution in [-0.2, 0) is 13.6 Å². The fourth-order valence-corrected chi connectivity index (χ4v) is 1.74. The topological polar surface area (TPSA) is 97.9 Å². The Balaban J connectivity index is 2.15. The first kappa shape index (κ1) is 13.8. The van der Waals surface area contributed by atoms with Crippen LogP contribution in [0.2, 0.25) is 0 Å². The maximum Gasteiger partial charge on any atom is 0.276 e. The van der Waals surface area contributed by atoms with Gasteiger partial charge in [0, 0.05) is 31.9 Å². The van der Waals surface area contributed by atoms with Gasteiger partial charge in [0.05, 0.1) is 23.3 Å². The maximum atomic E-state index is 10.9. The number of anilines is 2. The van der Waals surface area contributed by atoms with Gasteiger partial charge in [0.15, 0.2) is 0 Å². The summed E-state index contributed by atoms with van der Waals surface area (Å²) < 4.78 is 1.70. The lowest BCUT2D eigenvalue weighted by Crippen LogP contribution is -2.05. The zero-order valence-electron chi connectivity index (χ0n) is 11.3. The number of hydrogen-bond acceptors (Lipinski definition) is 6. The number of pyridine rings is 1. The van der Waals surface area contributed by atoms with Crippen molar-refractivity contribution < 1.29 is 4.92 Å². The van der Waals surface area contributed by atoms with Crippen molar-refractivity contribution in [2.45, 2.75) is 13.5 Å². The molecule has 20 heavy (non-hydrogen) atoms. The van der Waals surface area contributed by atoms with Crippen molar-refractivity contribution in [3.8, 4) is 0 Å². The SMILES string of the molecule is CCNc1cc([N+](=O)[O-])cc(NCc2cnn(C)c2)n1. The van der Waals surface area contributed by atoms with E-state index < -0.39 is 4.92 Å². The molecule has 8 nitrogen and oxygen atoms in total. The number of aryl methyl sites for hydroxylation is 1. The Morgan fingerprint density at radius 3 is 2.60 bits per heavy atom. The molecule has 106 valence electrons. The van der Waals surface area contributed by atoms with Crippen molar-refractivity contribution >= 4 is 17.3 Å². The third-order valence-corrected chi connectivity index (χ3v) is 2.61. The minimum atomic E-state index is -0.433. The Morgan fingerprint density at radius 2 is 2.05 bits per heavy atom. The molecule has 0 aliphatic rings. The number of nitrogens with one attached hydrogen (secondary N) is 2. The molecule has 2 aromatic heterocycles. The van der Waals surface area contributed by atoms with Crippen molar-refractivity contribution in [3.63, 3.8) is 0 Å². The summed E-state index contributed by atoms with van der Waals surface area (Å²) >= 11 is 0. The van der Waals surface area contributed by atoms with Crippen molar-refractivity contribution in [1.82, 2.24) is 14.8 Å². The first-order valence-corrected chi connectivity index (χ1v) is 6.20. The van der Waals surface area contributed by atoms with Gasteiger partial charge in [0.1, 0.15) is 11.6 Å². The van der Waals surface area contributed by atoms with Gasteiger partial charge in [-0.25, -0.2) is 4.98 Å². The predicted octanol–water partition coefficient (Wildman–Crippen LogP) is 1.77. The van der Waals surface area contributed by atoms with Crippen LogP contribution < -0.4 is 10.6 Å². The Morgan fingerprint density at radius 1 is 1.35 bits per heavy atom. The van der Waals surface area contributed by atoms with E-state index in [2.05, 4.69) is 20.7 Å². The van der Waals surface area contributed by atoms with E-state index in [1.54, 1.807) is 10.9 Å². The summed E-state index contributed by atoms with van der Waals surface area (Å²) in [6.45, 7) is 3.06. The molecule has 0 aliphatic carbocycles. The molecule has 2 rings (SSSR count). The van der Waals surface area contributed by atoms with Gasteiger partial charge in [0.25, 0.3) is 5.69 Å². The van der Waals surface area contributed by atoms with Crippen LogP contribution in [0.5, 0.6) is 0 Å². The van der Waals surface area contributed by atoms with Gasteiger partial charge in [0.2, 0.25) is 0 Å². The fraction of sp³-hybridized carbons (Fsp3) is 0.333. The van der Waals surface area contributed by atoms with Gasteiger partial charge < -0.3 is 10.6 Å². The van der Waals surface area contributed by atoms with E-state index >= 15 is 0 Å². The van der Waals surface area contributed by atoms with Crippen LogP contribution in [0, 0.1) is 10.1 Å². The zero-order chi connectivity index (χ0) is 14.5. The van der Waals surface area contributed by atoms with E-state index in [1.807, 2.05) is 20.2 Å². The standard InChI is InChI=1S/C12H16N6O2/c1-3-13-11-4-10(18(19)20)5-12(16-11)14-6-9-7-15-17(2)8-9/h4-5,7-8H,3,6H2,1-2H3,(H2,13,14,16). The molecule has 0 fully saturated rings. The van der Waals surface area contributed by atoms with E-state index in [1.165, 1.54) is 12.1 Å². The average molecular weight is 276 g/mol. The highest BCUT2D eigenvalue weighted by Crippen LogP contribution is 2.20. The summed E-state index contributed by atoms with van der Waals surface area (Å²) in [5.74, 6) is 0.939. The van der Waals surface area contributed by atoms with Gasteiger partial charge >= 0.3 is 0 Å². The first-order valence-electron chi connectivity index (χ1n) is 6.20. The quantitative estimate of drug-likeness (QED) is 0.616. The number of aromatic nitrogens is 3. The molecule has 0 aromatic carbocycles. The fourth-order valence-electron chi connectivity index (χ4n) is 1.74. The van der Waals surface area contributed by atoms with E-state index in [0.717, 1.165) is 5.56 Å². The normalized spacial score (nSPS) is 10.3. The largest absolute Gasteiger partial charge is 0.370 e. The predicted molar refractivity (Wildman–Crippen MR) is 75.6 cm³/mol. The monoisotopic (exact) mass is 276 g/mol. The lowest BCUT2D eigenvalue weighted by molar-refractivity contribution is -0.384. The number of rotatable bonds is 6. The number of hydrogen-bond donors (Lipinski definition) is 2. The number of nitrogens with zero attached hydrogens (tertiary/aromatic N) is 4. The molecule has 0 amide bonds. The molecular weight excluding hydrogens is 260 g/mol. The molecule has 0 bridgehead atoms. The second-order valence-electron chi connectivity index (χ2n) is 4.26. The van der Waals surface area contributed by atoms with Crippen LogP contribution in [-0.4, -0.2) is 26.2 Å². The van der Waals surface area contributed by atoms with Crippen LogP contribution >= 0.6 is 0 Å². The molecule has 2 heterocycles. The third-order valence-electron chi connectivity index (χ3n) is 2.61. The molecule has 0 aliphatic heterocycles. The van der Waals surface area contributed by atoms with Gasteiger partial charge in [-0.1, -0.05) is 0 Å². The van der Waals surface area contributed by atoms with E-state index in [4.69, 9.17) is 0 Å². The second kappa shape index (κ2) is 6.00. The minimum absolute atomic E-state index is 0.00429. The minimum Gasteiger partial charge on any atom is -0.370 e. The third kappa shape index (κ3) is 3.44. The Bertz CT molecular complexity index is 610. The van der Waals surface area contributed by atoms with E-state index in [-0.39, 0.29) is 5.69 Å². The van der Waals surface area contributed by atoms with Crippen LogP contribution in [0.25, 0.3) is 0 Å². The van der Waals surface area contributed by atoms with Crippen molar-refractivity contribution in [3.05, 3.63) is 40.2 Å².